The molecule has 2 nitrogen and oxygen atoms in total. The van der Waals surface area contributed by atoms with E-state index in [-0.39, 0.29) is 11.5 Å². The van der Waals surface area contributed by atoms with Crippen molar-refractivity contribution in [3.63, 3.8) is 0 Å². The molecular formula is C12H15O2-. The highest BCUT2D eigenvalue weighted by molar-refractivity contribution is 6.00. The molecule has 0 N–H and O–H groups in total. The summed E-state index contributed by atoms with van der Waals surface area (Å²) < 4.78 is 0. The van der Waals surface area contributed by atoms with Crippen LogP contribution in [0.5, 0.6) is 0 Å². The molecular weight excluding hydrogens is 176 g/mol. The molecule has 0 spiro atoms. The molecule has 0 heterocycles. The molecule has 2 heteroatoms. The predicted octanol–water partition coefficient (Wildman–Crippen LogP) is 1.85. The lowest BCUT2D eigenvalue weighted by atomic mass is 9.85. The van der Waals surface area contributed by atoms with Gasteiger partial charge in [0, 0.05) is 12.0 Å². The lowest BCUT2D eigenvalue weighted by Gasteiger charge is -2.26. The van der Waals surface area contributed by atoms with Crippen LogP contribution in [0.4, 0.5) is 0 Å². The van der Waals surface area contributed by atoms with Gasteiger partial charge in [0.15, 0.2) is 5.78 Å². The number of hydrogen-bond acceptors (Lipinski definition) is 2. The molecule has 76 valence electrons. The largest absolute Gasteiger partial charge is 0.875 e. The van der Waals surface area contributed by atoms with Crippen molar-refractivity contribution >= 4 is 5.78 Å². The summed E-state index contributed by atoms with van der Waals surface area (Å²) in [6, 6.07) is 0. The predicted molar refractivity (Wildman–Crippen MR) is 52.4 cm³/mol. The molecule has 14 heavy (non-hydrogen) atoms. The summed E-state index contributed by atoms with van der Waals surface area (Å²) in [6.45, 7) is 0. The number of hydrogen-bond donors (Lipinski definition) is 0. The molecule has 0 aliphatic heterocycles. The van der Waals surface area contributed by atoms with Crippen LogP contribution in [0.3, 0.4) is 0 Å². The Labute approximate surface area is 84.3 Å². The zero-order valence-corrected chi connectivity index (χ0v) is 8.34. The van der Waals surface area contributed by atoms with Crippen LogP contribution in [0, 0.1) is 0 Å². The lowest BCUT2D eigenvalue weighted by molar-refractivity contribution is -0.308. The minimum atomic E-state index is 0.0781. The summed E-state index contributed by atoms with van der Waals surface area (Å²) in [5, 5.41) is 11.6. The molecule has 2 aliphatic carbocycles. The Balaban J connectivity index is 2.30. The maximum atomic E-state index is 11.6. The molecule has 0 aromatic heterocycles. The normalized spacial score (nSPS) is 23.7. The van der Waals surface area contributed by atoms with Gasteiger partial charge in [-0.2, -0.15) is 0 Å². The first-order valence-electron chi connectivity index (χ1n) is 5.42. The minimum Gasteiger partial charge on any atom is -0.875 e. The average Bonchev–Trinajstić information content (AvgIpc) is 2.19. The van der Waals surface area contributed by atoms with Crippen molar-refractivity contribution in [2.45, 2.75) is 44.9 Å². The topological polar surface area (TPSA) is 40.1 Å². The summed E-state index contributed by atoms with van der Waals surface area (Å²) >= 11 is 0. The quantitative estimate of drug-likeness (QED) is 0.634. The van der Waals surface area contributed by atoms with Crippen LogP contribution >= 0.6 is 0 Å². The van der Waals surface area contributed by atoms with E-state index in [9.17, 15) is 9.90 Å². The van der Waals surface area contributed by atoms with Crippen molar-refractivity contribution in [3.05, 3.63) is 23.0 Å². The molecule has 0 unspecified atom stereocenters. The summed E-state index contributed by atoms with van der Waals surface area (Å²) in [5.74, 6) is 0.156. The van der Waals surface area contributed by atoms with Gasteiger partial charge in [-0.05, 0) is 44.1 Å². The fraction of sp³-hybridized carbons (Fsp3) is 0.583. The Bertz CT molecular complexity index is 310. The van der Waals surface area contributed by atoms with E-state index < -0.39 is 0 Å². The summed E-state index contributed by atoms with van der Waals surface area (Å²) in [5.41, 5.74) is 1.57. The SMILES string of the molecule is O=C1CCCC([O-])=C1C1=CCCCC1. The highest BCUT2D eigenvalue weighted by atomic mass is 16.3. The van der Waals surface area contributed by atoms with Gasteiger partial charge in [-0.25, -0.2) is 0 Å². The van der Waals surface area contributed by atoms with E-state index in [1.165, 1.54) is 6.42 Å². The molecule has 2 aliphatic rings. The molecule has 0 radical (unpaired) electrons. The zero-order chi connectivity index (χ0) is 9.97. The van der Waals surface area contributed by atoms with Crippen molar-refractivity contribution in [1.29, 1.82) is 0 Å². The smallest absolute Gasteiger partial charge is 0.162 e. The molecule has 0 aromatic rings. The van der Waals surface area contributed by atoms with Gasteiger partial charge in [-0.1, -0.05) is 6.08 Å². The van der Waals surface area contributed by atoms with Crippen LogP contribution in [-0.4, -0.2) is 5.78 Å². The van der Waals surface area contributed by atoms with Gasteiger partial charge in [0.05, 0.1) is 0 Å². The first-order valence-corrected chi connectivity index (χ1v) is 5.42. The van der Waals surface area contributed by atoms with Crippen molar-refractivity contribution in [2.24, 2.45) is 0 Å². The zero-order valence-electron chi connectivity index (χ0n) is 8.34. The molecule has 0 bridgehead atoms. The van der Waals surface area contributed by atoms with Crippen molar-refractivity contribution in [1.82, 2.24) is 0 Å². The number of rotatable bonds is 1. The van der Waals surface area contributed by atoms with E-state index in [0.717, 1.165) is 31.3 Å². The second-order valence-corrected chi connectivity index (χ2v) is 4.05. The molecule has 0 atom stereocenters. The lowest BCUT2D eigenvalue weighted by Crippen LogP contribution is -2.21. The monoisotopic (exact) mass is 191 g/mol. The minimum absolute atomic E-state index is 0.0781. The third kappa shape index (κ3) is 1.74. The number of Topliss-reactive ketones (excluding diaryl/α,β-unsaturated/α-hetero) is 1. The Hall–Kier alpha value is -1.05. The Morgan fingerprint density at radius 1 is 1.07 bits per heavy atom. The fourth-order valence-corrected chi connectivity index (χ4v) is 2.24. The number of carbonyl (C=O) groups excluding carboxylic acids is 1. The van der Waals surface area contributed by atoms with Gasteiger partial charge in [-0.3, -0.25) is 4.79 Å². The second kappa shape index (κ2) is 3.99. The third-order valence-electron chi connectivity index (χ3n) is 2.98. The van der Waals surface area contributed by atoms with Crippen molar-refractivity contribution in [2.75, 3.05) is 0 Å². The van der Waals surface area contributed by atoms with E-state index in [1.807, 2.05) is 0 Å². The van der Waals surface area contributed by atoms with Gasteiger partial charge in [-0.15, -0.1) is 5.76 Å². The Morgan fingerprint density at radius 3 is 2.57 bits per heavy atom. The van der Waals surface area contributed by atoms with Gasteiger partial charge < -0.3 is 5.11 Å². The van der Waals surface area contributed by atoms with E-state index in [2.05, 4.69) is 6.08 Å². The molecule has 0 fully saturated rings. The average molecular weight is 191 g/mol. The summed E-state index contributed by atoms with van der Waals surface area (Å²) in [7, 11) is 0. The maximum absolute atomic E-state index is 11.6. The first kappa shape index (κ1) is 9.50. The van der Waals surface area contributed by atoms with Crippen molar-refractivity contribution < 1.29 is 9.90 Å². The molecule has 0 aromatic carbocycles. The third-order valence-corrected chi connectivity index (χ3v) is 2.98. The summed E-state index contributed by atoms with van der Waals surface area (Å²) in [4.78, 5) is 11.6. The van der Waals surface area contributed by atoms with E-state index in [1.54, 1.807) is 0 Å². The molecule has 0 amide bonds. The Kier molecular flexibility index (Phi) is 2.71. The second-order valence-electron chi connectivity index (χ2n) is 4.05. The fourth-order valence-electron chi connectivity index (χ4n) is 2.24. The van der Waals surface area contributed by atoms with Crippen LogP contribution in [0.2, 0.25) is 0 Å². The van der Waals surface area contributed by atoms with Crippen molar-refractivity contribution in [3.8, 4) is 0 Å². The molecule has 2 rings (SSSR count). The number of ketones is 1. The van der Waals surface area contributed by atoms with Gasteiger partial charge in [0.1, 0.15) is 0 Å². The van der Waals surface area contributed by atoms with Crippen LogP contribution in [-0.2, 0) is 4.79 Å². The molecule has 0 saturated heterocycles. The van der Waals surface area contributed by atoms with Gasteiger partial charge in [0.2, 0.25) is 0 Å². The van der Waals surface area contributed by atoms with Crippen LogP contribution < -0.4 is 5.11 Å². The molecule has 0 saturated carbocycles. The maximum Gasteiger partial charge on any atom is 0.162 e. The van der Waals surface area contributed by atoms with Gasteiger partial charge >= 0.3 is 0 Å². The highest BCUT2D eigenvalue weighted by Gasteiger charge is 2.19. The van der Waals surface area contributed by atoms with Gasteiger partial charge in [0.25, 0.3) is 0 Å². The van der Waals surface area contributed by atoms with Crippen LogP contribution in [0.15, 0.2) is 23.0 Å². The number of carbonyl (C=O) groups is 1. The van der Waals surface area contributed by atoms with E-state index in [4.69, 9.17) is 0 Å². The highest BCUT2D eigenvalue weighted by Crippen LogP contribution is 2.30. The summed E-state index contributed by atoms with van der Waals surface area (Å²) in [6.07, 6.45) is 8.23. The van der Waals surface area contributed by atoms with E-state index in [0.29, 0.717) is 18.4 Å². The van der Waals surface area contributed by atoms with Crippen LogP contribution in [0.1, 0.15) is 44.9 Å². The standard InChI is InChI=1S/C12H16O2/c13-10-7-4-8-11(14)12(10)9-5-2-1-3-6-9/h5,13H,1-4,6-8H2/p-1. The van der Waals surface area contributed by atoms with E-state index >= 15 is 0 Å². The number of allylic oxidation sites excluding steroid dienone is 4. The van der Waals surface area contributed by atoms with Crippen LogP contribution in [0.25, 0.3) is 0 Å². The first-order chi connectivity index (χ1) is 6.79. The Morgan fingerprint density at radius 2 is 1.93 bits per heavy atom.